The Hall–Kier alpha value is -0.920. The number of aryl methyl sites for hydroxylation is 2. The van der Waals surface area contributed by atoms with Crippen LogP contribution in [0, 0.1) is 6.92 Å². The molecule has 1 aromatic heterocycles. The zero-order valence-corrected chi connectivity index (χ0v) is 9.69. The molecule has 86 valence electrons. The van der Waals surface area contributed by atoms with Gasteiger partial charge in [-0.3, -0.25) is 4.68 Å². The molecule has 0 spiro atoms. The van der Waals surface area contributed by atoms with Crippen molar-refractivity contribution in [2.75, 3.05) is 0 Å². The minimum Gasteiger partial charge on any atom is -0.385 e. The van der Waals surface area contributed by atoms with Crippen LogP contribution < -0.4 is 5.14 Å². The van der Waals surface area contributed by atoms with Crippen molar-refractivity contribution in [2.45, 2.75) is 25.2 Å². The summed E-state index contributed by atoms with van der Waals surface area (Å²) in [5.74, 6) is 0. The predicted octanol–water partition coefficient (Wildman–Crippen LogP) is -0.561. The molecule has 2 unspecified atom stereocenters. The zero-order valence-electron chi connectivity index (χ0n) is 8.88. The van der Waals surface area contributed by atoms with Crippen molar-refractivity contribution in [3.8, 4) is 0 Å². The van der Waals surface area contributed by atoms with Crippen molar-refractivity contribution in [2.24, 2.45) is 12.2 Å². The molecular formula is C8H15N3O3S. The molecule has 2 atom stereocenters. The molecule has 6 nitrogen and oxygen atoms in total. The molecule has 0 saturated carbocycles. The molecular weight excluding hydrogens is 218 g/mol. The van der Waals surface area contributed by atoms with E-state index in [0.717, 1.165) is 5.69 Å². The Bertz CT molecular complexity index is 432. The van der Waals surface area contributed by atoms with Crippen LogP contribution in [0.1, 0.15) is 24.4 Å². The summed E-state index contributed by atoms with van der Waals surface area (Å²) in [6.07, 6.45) is -1.19. The molecule has 1 aromatic rings. The third kappa shape index (κ3) is 2.55. The Morgan fingerprint density at radius 1 is 1.60 bits per heavy atom. The van der Waals surface area contributed by atoms with Crippen LogP contribution >= 0.6 is 0 Å². The van der Waals surface area contributed by atoms with E-state index < -0.39 is 21.4 Å². The second-order valence-electron chi connectivity index (χ2n) is 3.57. The van der Waals surface area contributed by atoms with Gasteiger partial charge < -0.3 is 5.11 Å². The lowest BCUT2D eigenvalue weighted by Gasteiger charge is -2.14. The van der Waals surface area contributed by atoms with Crippen LogP contribution in [0.3, 0.4) is 0 Å². The first kappa shape index (κ1) is 12.2. The molecule has 0 fully saturated rings. The maximum Gasteiger partial charge on any atom is 0.214 e. The van der Waals surface area contributed by atoms with E-state index in [-0.39, 0.29) is 0 Å². The second-order valence-corrected chi connectivity index (χ2v) is 5.49. The van der Waals surface area contributed by atoms with Crippen LogP contribution in [0.25, 0.3) is 0 Å². The van der Waals surface area contributed by atoms with Crippen LogP contribution in [0.2, 0.25) is 0 Å². The molecule has 1 heterocycles. The van der Waals surface area contributed by atoms with Crippen molar-refractivity contribution >= 4 is 10.0 Å². The highest BCUT2D eigenvalue weighted by molar-refractivity contribution is 7.89. The van der Waals surface area contributed by atoms with Gasteiger partial charge in [0.2, 0.25) is 10.0 Å². The van der Waals surface area contributed by atoms with Gasteiger partial charge in [-0.15, -0.1) is 0 Å². The zero-order chi connectivity index (χ0) is 11.8. The van der Waals surface area contributed by atoms with Crippen LogP contribution in [-0.2, 0) is 17.1 Å². The summed E-state index contributed by atoms with van der Waals surface area (Å²) in [7, 11) is -2.04. The molecule has 0 saturated heterocycles. The van der Waals surface area contributed by atoms with Crippen LogP contribution in [-0.4, -0.2) is 28.6 Å². The number of hydrogen-bond acceptors (Lipinski definition) is 4. The van der Waals surface area contributed by atoms with E-state index in [9.17, 15) is 13.5 Å². The molecule has 0 aromatic carbocycles. The number of nitrogens with zero attached hydrogens (tertiary/aromatic N) is 2. The van der Waals surface area contributed by atoms with Crippen molar-refractivity contribution in [3.05, 3.63) is 17.5 Å². The second kappa shape index (κ2) is 3.92. The SMILES string of the molecule is Cc1cc(C(O)C(C)S(N)(=O)=O)nn1C. The fourth-order valence-corrected chi connectivity index (χ4v) is 1.65. The number of nitrogens with two attached hydrogens (primary N) is 1. The average molecular weight is 233 g/mol. The quantitative estimate of drug-likeness (QED) is 0.731. The third-order valence-electron chi connectivity index (χ3n) is 2.40. The average Bonchev–Trinajstić information content (AvgIpc) is 2.43. The van der Waals surface area contributed by atoms with E-state index in [2.05, 4.69) is 5.10 Å². The highest BCUT2D eigenvalue weighted by Gasteiger charge is 2.28. The van der Waals surface area contributed by atoms with Gasteiger partial charge in [-0.05, 0) is 19.9 Å². The van der Waals surface area contributed by atoms with Gasteiger partial charge in [0.1, 0.15) is 11.4 Å². The van der Waals surface area contributed by atoms with Crippen LogP contribution in [0.5, 0.6) is 0 Å². The monoisotopic (exact) mass is 233 g/mol. The van der Waals surface area contributed by atoms with Gasteiger partial charge in [-0.2, -0.15) is 5.10 Å². The Morgan fingerprint density at radius 2 is 2.13 bits per heavy atom. The third-order valence-corrected chi connectivity index (χ3v) is 3.69. The van der Waals surface area contributed by atoms with Gasteiger partial charge in [0.15, 0.2) is 0 Å². The summed E-state index contributed by atoms with van der Waals surface area (Å²) >= 11 is 0. The number of rotatable bonds is 3. The first-order valence-electron chi connectivity index (χ1n) is 4.43. The molecule has 0 aliphatic rings. The standard InChI is InChI=1S/C8H15N3O3S/c1-5-4-7(10-11(5)3)8(12)6(2)15(9,13)14/h4,6,8,12H,1-3H3,(H2,9,13,14). The smallest absolute Gasteiger partial charge is 0.214 e. The van der Waals surface area contributed by atoms with E-state index >= 15 is 0 Å². The largest absolute Gasteiger partial charge is 0.385 e. The molecule has 7 heteroatoms. The molecule has 0 radical (unpaired) electrons. The lowest BCUT2D eigenvalue weighted by molar-refractivity contribution is 0.170. The summed E-state index contributed by atoms with van der Waals surface area (Å²) in [6.45, 7) is 3.16. The van der Waals surface area contributed by atoms with Gasteiger partial charge in [0.05, 0.1) is 5.69 Å². The first-order chi connectivity index (χ1) is 6.73. The molecule has 0 amide bonds. The Labute approximate surface area is 88.8 Å². The summed E-state index contributed by atoms with van der Waals surface area (Å²) < 4.78 is 23.6. The van der Waals surface area contributed by atoms with E-state index in [4.69, 9.17) is 5.14 Å². The Balaban J connectivity index is 3.00. The maximum absolute atomic E-state index is 11.0. The molecule has 15 heavy (non-hydrogen) atoms. The fourth-order valence-electron chi connectivity index (χ4n) is 1.15. The number of aliphatic hydroxyl groups is 1. The molecule has 0 aliphatic carbocycles. The number of hydrogen-bond donors (Lipinski definition) is 2. The van der Waals surface area contributed by atoms with Crippen molar-refractivity contribution in [1.82, 2.24) is 9.78 Å². The van der Waals surface area contributed by atoms with Gasteiger partial charge in [-0.1, -0.05) is 0 Å². The normalized spacial score (nSPS) is 16.3. The van der Waals surface area contributed by atoms with E-state index in [1.54, 1.807) is 17.8 Å². The fraction of sp³-hybridized carbons (Fsp3) is 0.625. The Morgan fingerprint density at radius 3 is 2.47 bits per heavy atom. The number of aromatic nitrogens is 2. The number of aliphatic hydroxyl groups excluding tert-OH is 1. The summed E-state index contributed by atoms with van der Waals surface area (Å²) in [5, 5.41) is 17.6. The summed E-state index contributed by atoms with van der Waals surface area (Å²) in [5.41, 5.74) is 1.15. The highest BCUT2D eigenvalue weighted by Crippen LogP contribution is 2.19. The Kier molecular flexibility index (Phi) is 3.17. The number of sulfonamides is 1. The molecule has 1 rings (SSSR count). The maximum atomic E-state index is 11.0. The van der Waals surface area contributed by atoms with Gasteiger partial charge in [0.25, 0.3) is 0 Å². The van der Waals surface area contributed by atoms with Crippen molar-refractivity contribution < 1.29 is 13.5 Å². The van der Waals surface area contributed by atoms with Crippen LogP contribution in [0.15, 0.2) is 6.07 Å². The molecule has 3 N–H and O–H groups in total. The lowest BCUT2D eigenvalue weighted by Crippen LogP contribution is -2.31. The van der Waals surface area contributed by atoms with Crippen LogP contribution in [0.4, 0.5) is 0 Å². The topological polar surface area (TPSA) is 98.2 Å². The van der Waals surface area contributed by atoms with Gasteiger partial charge in [-0.25, -0.2) is 13.6 Å². The number of primary sulfonamides is 1. The van der Waals surface area contributed by atoms with E-state index in [1.165, 1.54) is 6.92 Å². The first-order valence-corrected chi connectivity index (χ1v) is 6.04. The lowest BCUT2D eigenvalue weighted by atomic mass is 10.2. The van der Waals surface area contributed by atoms with E-state index in [1.807, 2.05) is 6.92 Å². The van der Waals surface area contributed by atoms with Crippen molar-refractivity contribution in [3.63, 3.8) is 0 Å². The predicted molar refractivity (Wildman–Crippen MR) is 55.5 cm³/mol. The van der Waals surface area contributed by atoms with Gasteiger partial charge in [0, 0.05) is 12.7 Å². The minimum atomic E-state index is -3.75. The summed E-state index contributed by atoms with van der Waals surface area (Å²) in [4.78, 5) is 0. The van der Waals surface area contributed by atoms with Gasteiger partial charge >= 0.3 is 0 Å². The molecule has 0 aliphatic heterocycles. The summed E-state index contributed by atoms with van der Waals surface area (Å²) in [6, 6.07) is 1.63. The minimum absolute atomic E-state index is 0.316. The molecule has 0 bridgehead atoms. The van der Waals surface area contributed by atoms with Crippen molar-refractivity contribution in [1.29, 1.82) is 0 Å². The highest BCUT2D eigenvalue weighted by atomic mass is 32.2. The van der Waals surface area contributed by atoms with E-state index in [0.29, 0.717) is 5.69 Å².